The number of amides is 3. The summed E-state index contributed by atoms with van der Waals surface area (Å²) in [5.74, 6) is -1.53. The number of carbonyl (C=O) groups excluding carboxylic acids is 3. The summed E-state index contributed by atoms with van der Waals surface area (Å²) in [6, 6.07) is 11.9. The molecule has 0 spiro atoms. The number of hydrogen-bond acceptors (Lipinski definition) is 6. The van der Waals surface area contributed by atoms with Crippen LogP contribution in [-0.4, -0.2) is 48.0 Å². The summed E-state index contributed by atoms with van der Waals surface area (Å²) in [5.41, 5.74) is 7.69. The lowest BCUT2D eigenvalue weighted by atomic mass is 10.0. The second-order valence-corrected chi connectivity index (χ2v) is 10.6. The van der Waals surface area contributed by atoms with E-state index < -0.39 is 35.5 Å². The van der Waals surface area contributed by atoms with Gasteiger partial charge >= 0.3 is 6.18 Å². The Hall–Kier alpha value is -4.25. The SMILES string of the molecule is CN=C(C(C)=CN)c1cc(C(=O)N[C@@H](Cc2cccc(C(F)(F)F)c2)CN2C(=O)c3ccccc3C2=O)sc1C. The molecule has 0 bridgehead atoms. The zero-order valence-electron chi connectivity index (χ0n) is 22.0. The highest BCUT2D eigenvalue weighted by Gasteiger charge is 2.37. The number of rotatable bonds is 8. The third-order valence-electron chi connectivity index (χ3n) is 6.60. The minimum atomic E-state index is -4.54. The van der Waals surface area contributed by atoms with Crippen molar-refractivity contribution < 1.29 is 27.6 Å². The Morgan fingerprint density at radius 3 is 2.33 bits per heavy atom. The molecule has 1 aliphatic rings. The topological polar surface area (TPSA) is 105 Å². The molecule has 7 nitrogen and oxygen atoms in total. The van der Waals surface area contributed by atoms with Gasteiger partial charge in [0.15, 0.2) is 0 Å². The average Bonchev–Trinajstić information content (AvgIpc) is 3.42. The molecule has 0 radical (unpaired) electrons. The number of nitrogens with two attached hydrogens (primary N) is 1. The number of alkyl halides is 3. The van der Waals surface area contributed by atoms with Crippen LogP contribution in [0.25, 0.3) is 0 Å². The molecule has 40 heavy (non-hydrogen) atoms. The van der Waals surface area contributed by atoms with Gasteiger partial charge in [-0.2, -0.15) is 13.2 Å². The van der Waals surface area contributed by atoms with Gasteiger partial charge in [0.1, 0.15) is 0 Å². The van der Waals surface area contributed by atoms with Crippen LogP contribution in [0, 0.1) is 6.92 Å². The smallest absolute Gasteiger partial charge is 0.404 e. The summed E-state index contributed by atoms with van der Waals surface area (Å²) >= 11 is 1.22. The lowest BCUT2D eigenvalue weighted by Crippen LogP contribution is -2.46. The van der Waals surface area contributed by atoms with Gasteiger partial charge in [-0.05, 0) is 61.9 Å². The monoisotopic (exact) mass is 568 g/mol. The van der Waals surface area contributed by atoms with Crippen molar-refractivity contribution in [1.82, 2.24) is 10.2 Å². The minimum Gasteiger partial charge on any atom is -0.404 e. The maximum atomic E-state index is 13.4. The first-order chi connectivity index (χ1) is 18.9. The number of imide groups is 1. The Labute approximate surface area is 233 Å². The number of nitrogens with zero attached hydrogens (tertiary/aromatic N) is 2. The molecule has 2 heterocycles. The Morgan fingerprint density at radius 2 is 1.75 bits per heavy atom. The number of aliphatic imine (C=N–C) groups is 1. The van der Waals surface area contributed by atoms with E-state index in [1.165, 1.54) is 41.8 Å². The highest BCUT2D eigenvalue weighted by atomic mass is 32.1. The Balaban J connectivity index is 1.64. The minimum absolute atomic E-state index is 0.0447. The fourth-order valence-electron chi connectivity index (χ4n) is 4.62. The zero-order chi connectivity index (χ0) is 29.2. The molecule has 2 aromatic carbocycles. The Kier molecular flexibility index (Phi) is 8.24. The molecule has 1 aliphatic heterocycles. The molecule has 0 unspecified atom stereocenters. The number of benzene rings is 2. The Morgan fingerprint density at radius 1 is 1.10 bits per heavy atom. The summed E-state index contributed by atoms with van der Waals surface area (Å²) in [5, 5.41) is 2.84. The molecule has 0 saturated heterocycles. The molecule has 1 atom stereocenters. The van der Waals surface area contributed by atoms with Gasteiger partial charge in [0.25, 0.3) is 17.7 Å². The van der Waals surface area contributed by atoms with Gasteiger partial charge < -0.3 is 11.1 Å². The first-order valence-electron chi connectivity index (χ1n) is 12.3. The van der Waals surface area contributed by atoms with Gasteiger partial charge in [-0.1, -0.05) is 30.3 Å². The number of fused-ring (bicyclic) bond motifs is 1. The molecule has 0 saturated carbocycles. The van der Waals surface area contributed by atoms with Gasteiger partial charge in [0.05, 0.1) is 33.3 Å². The standard InChI is InChI=1S/C29H27F3N4O3S/c1-16(14-33)25(34-3)23-13-24(40-17(23)2)26(37)35-20(12-18-7-6-8-19(11-18)29(30,31)32)15-36-27(38)21-9-4-5-10-22(21)28(36)39/h4-11,13-14,20H,12,15,33H2,1-3H3,(H,35,37)/t20-/m0/s1. The molecule has 11 heteroatoms. The summed E-state index contributed by atoms with van der Waals surface area (Å²) < 4.78 is 40.0. The van der Waals surface area contributed by atoms with Crippen LogP contribution in [0.4, 0.5) is 13.2 Å². The number of allylic oxidation sites excluding steroid dienone is 1. The van der Waals surface area contributed by atoms with Crippen molar-refractivity contribution in [2.45, 2.75) is 32.5 Å². The quantitative estimate of drug-likeness (QED) is 0.295. The number of carbonyl (C=O) groups is 3. The summed E-state index contributed by atoms with van der Waals surface area (Å²) in [6.45, 7) is 3.42. The largest absolute Gasteiger partial charge is 0.416 e. The van der Waals surface area contributed by atoms with E-state index in [2.05, 4.69) is 10.3 Å². The number of aryl methyl sites for hydroxylation is 1. The van der Waals surface area contributed by atoms with Crippen molar-refractivity contribution in [3.05, 3.63) is 104 Å². The maximum absolute atomic E-state index is 13.4. The summed E-state index contributed by atoms with van der Waals surface area (Å²) in [6.07, 6.45) is -3.17. The van der Waals surface area contributed by atoms with Gasteiger partial charge in [-0.3, -0.25) is 24.3 Å². The average molecular weight is 569 g/mol. The second-order valence-electron chi connectivity index (χ2n) is 9.34. The molecular weight excluding hydrogens is 541 g/mol. The molecule has 1 aromatic heterocycles. The lowest BCUT2D eigenvalue weighted by molar-refractivity contribution is -0.137. The van der Waals surface area contributed by atoms with E-state index >= 15 is 0 Å². The third-order valence-corrected chi connectivity index (χ3v) is 7.65. The molecule has 3 N–H and O–H groups in total. The van der Waals surface area contributed by atoms with Crippen LogP contribution >= 0.6 is 11.3 Å². The van der Waals surface area contributed by atoms with E-state index in [4.69, 9.17) is 5.73 Å². The van der Waals surface area contributed by atoms with Crippen LogP contribution in [0.15, 0.2) is 71.4 Å². The first-order valence-corrected chi connectivity index (χ1v) is 13.1. The summed E-state index contributed by atoms with van der Waals surface area (Å²) in [4.78, 5) is 45.9. The van der Waals surface area contributed by atoms with E-state index in [9.17, 15) is 27.6 Å². The van der Waals surface area contributed by atoms with Crippen molar-refractivity contribution in [3.8, 4) is 0 Å². The zero-order valence-corrected chi connectivity index (χ0v) is 22.8. The fraction of sp³-hybridized carbons (Fsp3) is 0.241. The summed E-state index contributed by atoms with van der Waals surface area (Å²) in [7, 11) is 1.62. The van der Waals surface area contributed by atoms with Crippen molar-refractivity contribution >= 4 is 34.8 Å². The number of thiophene rings is 1. The number of halogens is 3. The lowest BCUT2D eigenvalue weighted by Gasteiger charge is -2.24. The van der Waals surface area contributed by atoms with Crippen molar-refractivity contribution in [1.29, 1.82) is 0 Å². The van der Waals surface area contributed by atoms with E-state index in [0.29, 0.717) is 16.2 Å². The molecule has 0 aliphatic carbocycles. The van der Waals surface area contributed by atoms with Crippen molar-refractivity contribution in [2.75, 3.05) is 13.6 Å². The molecule has 208 valence electrons. The van der Waals surface area contributed by atoms with Gasteiger partial charge in [-0.25, -0.2) is 0 Å². The number of nitrogens with one attached hydrogen (secondary N) is 1. The second kappa shape index (κ2) is 11.5. The highest BCUT2D eigenvalue weighted by Crippen LogP contribution is 2.30. The number of hydrogen-bond donors (Lipinski definition) is 2. The molecular formula is C29H27F3N4O3S. The molecule has 4 rings (SSSR count). The van der Waals surface area contributed by atoms with Crippen molar-refractivity contribution in [2.24, 2.45) is 10.7 Å². The van der Waals surface area contributed by atoms with Crippen LogP contribution in [0.3, 0.4) is 0 Å². The third kappa shape index (κ3) is 5.84. The first kappa shape index (κ1) is 28.8. The van der Waals surface area contributed by atoms with Crippen LogP contribution in [0.1, 0.15) is 58.9 Å². The van der Waals surface area contributed by atoms with Crippen LogP contribution in [0.2, 0.25) is 0 Å². The van der Waals surface area contributed by atoms with Gasteiger partial charge in [0, 0.05) is 24.0 Å². The van der Waals surface area contributed by atoms with Gasteiger partial charge in [0.2, 0.25) is 0 Å². The predicted octanol–water partition coefficient (Wildman–Crippen LogP) is 4.99. The Bertz CT molecular complexity index is 1510. The van der Waals surface area contributed by atoms with Crippen LogP contribution < -0.4 is 11.1 Å². The van der Waals surface area contributed by atoms with Crippen molar-refractivity contribution in [3.63, 3.8) is 0 Å². The van der Waals surface area contributed by atoms with E-state index in [1.807, 2.05) is 6.92 Å². The van der Waals surface area contributed by atoms with E-state index in [-0.39, 0.29) is 24.1 Å². The normalized spacial score (nSPS) is 14.9. The molecule has 3 amide bonds. The molecule has 0 fully saturated rings. The predicted molar refractivity (Wildman–Crippen MR) is 148 cm³/mol. The van der Waals surface area contributed by atoms with Gasteiger partial charge in [-0.15, -0.1) is 11.3 Å². The fourth-order valence-corrected chi connectivity index (χ4v) is 5.54. The van der Waals surface area contributed by atoms with E-state index in [0.717, 1.165) is 33.0 Å². The maximum Gasteiger partial charge on any atom is 0.416 e. The van der Waals surface area contributed by atoms with Crippen LogP contribution in [-0.2, 0) is 12.6 Å². The van der Waals surface area contributed by atoms with E-state index in [1.54, 1.807) is 32.2 Å². The van der Waals surface area contributed by atoms with Crippen LogP contribution in [0.5, 0.6) is 0 Å². The highest BCUT2D eigenvalue weighted by molar-refractivity contribution is 7.14. The molecule has 3 aromatic rings.